The molecule has 0 saturated heterocycles. The second kappa shape index (κ2) is 7.74. The number of carbonyl (C=O) groups is 1. The topological polar surface area (TPSA) is 33.0 Å². The maximum absolute atomic E-state index is 12.3. The SMILES string of the molecule is CCc1cc[n+](CC(=O)Nc2c(CC)cccc2CC)cc1. The molecule has 3 nitrogen and oxygen atoms in total. The van der Waals surface area contributed by atoms with Gasteiger partial charge in [0.25, 0.3) is 5.91 Å². The Morgan fingerprint density at radius 2 is 1.55 bits per heavy atom. The van der Waals surface area contributed by atoms with Crippen molar-refractivity contribution in [2.45, 2.75) is 46.6 Å². The van der Waals surface area contributed by atoms with Crippen LogP contribution in [0.3, 0.4) is 0 Å². The fraction of sp³-hybridized carbons (Fsp3) is 0.368. The van der Waals surface area contributed by atoms with Crippen molar-refractivity contribution in [3.8, 4) is 0 Å². The zero-order valence-corrected chi connectivity index (χ0v) is 13.7. The van der Waals surface area contributed by atoms with E-state index in [4.69, 9.17) is 0 Å². The van der Waals surface area contributed by atoms with Gasteiger partial charge in [0.2, 0.25) is 6.54 Å². The monoisotopic (exact) mass is 297 g/mol. The van der Waals surface area contributed by atoms with Crippen LogP contribution < -0.4 is 9.88 Å². The highest BCUT2D eigenvalue weighted by molar-refractivity contribution is 5.91. The summed E-state index contributed by atoms with van der Waals surface area (Å²) >= 11 is 0. The first-order chi connectivity index (χ1) is 10.7. The molecule has 116 valence electrons. The van der Waals surface area contributed by atoms with E-state index in [0.29, 0.717) is 6.54 Å². The molecular formula is C19H25N2O+. The number of amides is 1. The van der Waals surface area contributed by atoms with Crippen LogP contribution in [0, 0.1) is 0 Å². The van der Waals surface area contributed by atoms with Crippen molar-refractivity contribution in [1.29, 1.82) is 0 Å². The number of rotatable bonds is 6. The molecule has 1 aromatic heterocycles. The summed E-state index contributed by atoms with van der Waals surface area (Å²) in [5.41, 5.74) is 4.66. The molecule has 0 radical (unpaired) electrons. The van der Waals surface area contributed by atoms with E-state index in [2.05, 4.69) is 56.4 Å². The second-order valence-corrected chi connectivity index (χ2v) is 5.44. The van der Waals surface area contributed by atoms with Crippen LogP contribution in [0.1, 0.15) is 37.5 Å². The molecule has 0 bridgehead atoms. The third kappa shape index (κ3) is 3.94. The van der Waals surface area contributed by atoms with Gasteiger partial charge in [-0.3, -0.25) is 4.79 Å². The summed E-state index contributed by atoms with van der Waals surface area (Å²) < 4.78 is 1.91. The summed E-state index contributed by atoms with van der Waals surface area (Å²) in [6.45, 7) is 6.69. The molecule has 0 fully saturated rings. The van der Waals surface area contributed by atoms with Gasteiger partial charge in [-0.25, -0.2) is 0 Å². The van der Waals surface area contributed by atoms with Crippen LogP contribution in [0.25, 0.3) is 0 Å². The maximum atomic E-state index is 12.3. The van der Waals surface area contributed by atoms with Gasteiger partial charge in [-0.2, -0.15) is 4.57 Å². The Balaban J connectivity index is 2.11. The molecule has 0 spiro atoms. The summed E-state index contributed by atoms with van der Waals surface area (Å²) in [5, 5.41) is 3.10. The molecule has 2 rings (SSSR count). The van der Waals surface area contributed by atoms with Crippen LogP contribution in [0.15, 0.2) is 42.7 Å². The Hall–Kier alpha value is -2.16. The van der Waals surface area contributed by atoms with Gasteiger partial charge in [0, 0.05) is 17.8 Å². The van der Waals surface area contributed by atoms with Gasteiger partial charge in [-0.05, 0) is 36.0 Å². The van der Waals surface area contributed by atoms with E-state index in [1.165, 1.54) is 16.7 Å². The van der Waals surface area contributed by atoms with Crippen LogP contribution in [0.2, 0.25) is 0 Å². The molecule has 1 N–H and O–H groups in total. The van der Waals surface area contributed by atoms with Crippen LogP contribution in [-0.2, 0) is 30.6 Å². The molecule has 0 aliphatic heterocycles. The first-order valence-electron chi connectivity index (χ1n) is 8.06. The van der Waals surface area contributed by atoms with Gasteiger partial charge in [-0.15, -0.1) is 0 Å². The fourth-order valence-corrected chi connectivity index (χ4v) is 2.58. The smallest absolute Gasteiger partial charge is 0.290 e. The molecule has 0 aliphatic rings. The molecular weight excluding hydrogens is 272 g/mol. The normalized spacial score (nSPS) is 10.5. The first kappa shape index (κ1) is 16.2. The van der Waals surface area contributed by atoms with Crippen molar-refractivity contribution in [1.82, 2.24) is 0 Å². The predicted molar refractivity (Wildman–Crippen MR) is 89.8 cm³/mol. The molecule has 0 aliphatic carbocycles. The number of hydrogen-bond donors (Lipinski definition) is 1. The minimum absolute atomic E-state index is 0.0184. The van der Waals surface area contributed by atoms with E-state index in [1.807, 2.05) is 17.0 Å². The third-order valence-corrected chi connectivity index (χ3v) is 3.96. The maximum Gasteiger partial charge on any atom is 0.290 e. The molecule has 1 aromatic carbocycles. The molecule has 22 heavy (non-hydrogen) atoms. The number of aromatic nitrogens is 1. The number of hydrogen-bond acceptors (Lipinski definition) is 1. The fourth-order valence-electron chi connectivity index (χ4n) is 2.58. The van der Waals surface area contributed by atoms with E-state index >= 15 is 0 Å². The van der Waals surface area contributed by atoms with E-state index < -0.39 is 0 Å². The van der Waals surface area contributed by atoms with Crippen molar-refractivity contribution in [3.63, 3.8) is 0 Å². The van der Waals surface area contributed by atoms with Crippen molar-refractivity contribution in [2.24, 2.45) is 0 Å². The van der Waals surface area contributed by atoms with Gasteiger partial charge in [0.1, 0.15) is 0 Å². The Labute approximate surface area is 133 Å². The standard InChI is InChI=1S/C19H24N2O/c1-4-15-10-12-21(13-11-15)14-18(22)20-19-16(5-2)8-7-9-17(19)6-3/h7-13H,4-6,14H2,1-3H3/p+1. The van der Waals surface area contributed by atoms with Crippen LogP contribution >= 0.6 is 0 Å². The highest BCUT2D eigenvalue weighted by atomic mass is 16.1. The third-order valence-electron chi connectivity index (χ3n) is 3.96. The number of aryl methyl sites for hydroxylation is 3. The lowest BCUT2D eigenvalue weighted by Gasteiger charge is -2.13. The molecule has 1 heterocycles. The average Bonchev–Trinajstić information content (AvgIpc) is 2.55. The Kier molecular flexibility index (Phi) is 5.70. The van der Waals surface area contributed by atoms with E-state index in [-0.39, 0.29) is 5.91 Å². The van der Waals surface area contributed by atoms with E-state index in [0.717, 1.165) is 24.9 Å². The minimum atomic E-state index is 0.0184. The van der Waals surface area contributed by atoms with Crippen LogP contribution in [0.5, 0.6) is 0 Å². The van der Waals surface area contributed by atoms with Gasteiger partial charge in [0.05, 0.1) is 0 Å². The predicted octanol–water partition coefficient (Wildman–Crippen LogP) is 3.30. The number of nitrogens with one attached hydrogen (secondary N) is 1. The zero-order chi connectivity index (χ0) is 15.9. The molecule has 0 atom stereocenters. The lowest BCUT2D eigenvalue weighted by Crippen LogP contribution is -2.39. The first-order valence-corrected chi connectivity index (χ1v) is 8.06. The second-order valence-electron chi connectivity index (χ2n) is 5.44. The zero-order valence-electron chi connectivity index (χ0n) is 13.7. The molecule has 0 saturated carbocycles. The van der Waals surface area contributed by atoms with Crippen molar-refractivity contribution in [2.75, 3.05) is 5.32 Å². The van der Waals surface area contributed by atoms with Gasteiger partial charge in [-0.1, -0.05) is 39.0 Å². The lowest BCUT2D eigenvalue weighted by molar-refractivity contribution is -0.684. The number of para-hydroxylation sites is 1. The van der Waals surface area contributed by atoms with E-state index in [1.54, 1.807) is 0 Å². The Morgan fingerprint density at radius 1 is 0.955 bits per heavy atom. The quantitative estimate of drug-likeness (QED) is 0.815. The summed E-state index contributed by atoms with van der Waals surface area (Å²) in [6, 6.07) is 10.3. The molecule has 1 amide bonds. The van der Waals surface area contributed by atoms with E-state index in [9.17, 15) is 4.79 Å². The summed E-state index contributed by atoms with van der Waals surface area (Å²) in [7, 11) is 0. The summed E-state index contributed by atoms with van der Waals surface area (Å²) in [5.74, 6) is 0.0184. The molecule has 0 unspecified atom stereocenters. The van der Waals surface area contributed by atoms with Gasteiger partial charge in [0.15, 0.2) is 12.4 Å². The Bertz CT molecular complexity index is 610. The number of carbonyl (C=O) groups excluding carboxylic acids is 1. The molecule has 3 heteroatoms. The molecule has 2 aromatic rings. The minimum Gasteiger partial charge on any atom is -0.320 e. The number of anilines is 1. The Morgan fingerprint density at radius 3 is 2.05 bits per heavy atom. The number of pyridine rings is 1. The van der Waals surface area contributed by atoms with Crippen molar-refractivity contribution in [3.05, 3.63) is 59.4 Å². The van der Waals surface area contributed by atoms with Crippen molar-refractivity contribution >= 4 is 11.6 Å². The highest BCUT2D eigenvalue weighted by Crippen LogP contribution is 2.22. The number of benzene rings is 1. The lowest BCUT2D eigenvalue weighted by atomic mass is 10.0. The summed E-state index contributed by atoms with van der Waals surface area (Å²) in [6.07, 6.45) is 6.77. The van der Waals surface area contributed by atoms with Crippen LogP contribution in [-0.4, -0.2) is 5.91 Å². The number of nitrogens with zero attached hydrogens (tertiary/aromatic N) is 1. The van der Waals surface area contributed by atoms with Gasteiger partial charge < -0.3 is 5.32 Å². The average molecular weight is 297 g/mol. The van der Waals surface area contributed by atoms with Crippen LogP contribution in [0.4, 0.5) is 5.69 Å². The highest BCUT2D eigenvalue weighted by Gasteiger charge is 2.13. The largest absolute Gasteiger partial charge is 0.320 e. The van der Waals surface area contributed by atoms with Gasteiger partial charge >= 0.3 is 0 Å². The van der Waals surface area contributed by atoms with Crippen molar-refractivity contribution < 1.29 is 9.36 Å². The summed E-state index contributed by atoms with van der Waals surface area (Å²) in [4.78, 5) is 12.3.